The molecular weight excluding hydrogens is 913 g/mol. The third-order valence-electron chi connectivity index (χ3n) is 16.6. The normalized spacial score (nSPS) is 28.1. The number of carbonyl (C=O) groups excluding carboxylic acids is 3. The molecule has 0 spiro atoms. The van der Waals surface area contributed by atoms with Gasteiger partial charge in [-0.3, -0.25) is 43.9 Å². The molecule has 7 aliphatic rings. The van der Waals surface area contributed by atoms with E-state index in [0.717, 1.165) is 96.3 Å². The van der Waals surface area contributed by atoms with Crippen LogP contribution in [0.5, 0.6) is 0 Å². The van der Waals surface area contributed by atoms with E-state index in [2.05, 4.69) is 108 Å². The number of hydroxylamine groups is 6. The molecule has 7 fully saturated rings. The molecule has 414 valence electrons. The van der Waals surface area contributed by atoms with Gasteiger partial charge in [0.25, 0.3) is 17.7 Å². The highest BCUT2D eigenvalue weighted by atomic mass is 16.7. The number of carbonyl (C=O) groups is 3. The Morgan fingerprint density at radius 3 is 0.819 bits per heavy atom. The zero-order valence-corrected chi connectivity index (χ0v) is 48.1. The molecule has 3 saturated carbocycles. The molecule has 0 aromatic heterocycles. The average molecular weight is 1020 g/mol. The Bertz CT molecular complexity index is 1620. The van der Waals surface area contributed by atoms with Crippen LogP contribution in [0.4, 0.5) is 0 Å². The van der Waals surface area contributed by atoms with Gasteiger partial charge in [-0.05, 0) is 141 Å². The van der Waals surface area contributed by atoms with Gasteiger partial charge in [-0.2, -0.15) is 30.2 Å². The molecule has 18 heteroatoms. The van der Waals surface area contributed by atoms with Gasteiger partial charge in [-0.25, -0.2) is 0 Å². The molecule has 0 atom stereocenters. The van der Waals surface area contributed by atoms with Crippen LogP contribution in [0.1, 0.15) is 219 Å². The number of hydrogen-bond donors (Lipinski definition) is 0. The van der Waals surface area contributed by atoms with E-state index in [1.165, 1.54) is 19.3 Å². The van der Waals surface area contributed by atoms with Crippen LogP contribution in [0.3, 0.4) is 0 Å². The largest absolute Gasteiger partial charge is 0.297 e. The van der Waals surface area contributed by atoms with E-state index in [0.29, 0.717) is 59.5 Å². The monoisotopic (exact) mass is 1010 g/mol. The summed E-state index contributed by atoms with van der Waals surface area (Å²) < 4.78 is 0. The summed E-state index contributed by atoms with van der Waals surface area (Å²) in [5, 5.41) is 26.5. The van der Waals surface area contributed by atoms with Crippen molar-refractivity contribution in [3.63, 3.8) is 0 Å². The Labute approximate surface area is 436 Å². The molecule has 4 aliphatic heterocycles. The maximum Gasteiger partial charge on any atom is 0.260 e. The van der Waals surface area contributed by atoms with E-state index in [9.17, 15) is 0 Å². The molecule has 3 amide bonds. The summed E-state index contributed by atoms with van der Waals surface area (Å²) in [4.78, 5) is 66.2. The summed E-state index contributed by atoms with van der Waals surface area (Å²) in [7, 11) is 0. The van der Waals surface area contributed by atoms with Gasteiger partial charge < -0.3 is 0 Å². The maximum atomic E-state index is 15.6. The first-order valence-corrected chi connectivity index (χ1v) is 28.7. The lowest BCUT2D eigenvalue weighted by Crippen LogP contribution is -2.81. The molecule has 3 aliphatic carbocycles. The number of piperazine rings is 3. The van der Waals surface area contributed by atoms with E-state index in [4.69, 9.17) is 14.5 Å². The Balaban J connectivity index is 1.41. The topological polar surface area (TPSA) is 118 Å². The minimum atomic E-state index is -0.965. The molecule has 0 unspecified atom stereocenters. The third kappa shape index (κ3) is 11.5. The highest BCUT2D eigenvalue weighted by molar-refractivity contribution is 5.87. The molecule has 18 nitrogen and oxygen atoms in total. The van der Waals surface area contributed by atoms with Gasteiger partial charge in [0.15, 0.2) is 0 Å². The zero-order valence-electron chi connectivity index (χ0n) is 48.1. The fourth-order valence-corrected chi connectivity index (χ4v) is 13.8. The second-order valence-electron chi connectivity index (χ2n) is 25.9. The number of nitrogens with zero attached hydrogens (tertiary/aromatic N) is 12. The van der Waals surface area contributed by atoms with Crippen LogP contribution in [-0.4, -0.2) is 189 Å². The van der Waals surface area contributed by atoms with Gasteiger partial charge in [0.05, 0.1) is 76.1 Å². The predicted molar refractivity (Wildman–Crippen MR) is 280 cm³/mol. The molecule has 0 radical (unpaired) electrons. The zero-order chi connectivity index (χ0) is 52.6. The maximum absolute atomic E-state index is 15.6. The van der Waals surface area contributed by atoms with Crippen molar-refractivity contribution in [3.8, 4) is 0 Å². The van der Waals surface area contributed by atoms with Crippen LogP contribution < -0.4 is 0 Å². The van der Waals surface area contributed by atoms with Gasteiger partial charge in [0.2, 0.25) is 0 Å². The molecule has 0 bridgehead atoms. The molecular formula is C54H102N12O6. The summed E-state index contributed by atoms with van der Waals surface area (Å²) in [6, 6.07) is 0.175. The fraction of sp³-hybridized carbons (Fsp3) is 0.944. The van der Waals surface area contributed by atoms with Crippen LogP contribution in [0, 0.1) is 0 Å². The quantitative estimate of drug-likeness (QED) is 0.131. The van der Waals surface area contributed by atoms with Crippen LogP contribution in [-0.2, 0) is 28.9 Å². The van der Waals surface area contributed by atoms with Gasteiger partial charge in [0, 0.05) is 18.1 Å². The lowest BCUT2D eigenvalue weighted by atomic mass is 9.90. The minimum Gasteiger partial charge on any atom is -0.297 e. The molecule has 4 heterocycles. The summed E-state index contributed by atoms with van der Waals surface area (Å²) in [5.74, 6) is 0.0117. The summed E-state index contributed by atoms with van der Waals surface area (Å²) in [6.07, 6.45) is 18.3. The van der Waals surface area contributed by atoms with Gasteiger partial charge in [0.1, 0.15) is 16.6 Å². The van der Waals surface area contributed by atoms with E-state index in [1.54, 1.807) is 0 Å². The summed E-state index contributed by atoms with van der Waals surface area (Å²) in [6.45, 7) is 35.8. The Kier molecular flexibility index (Phi) is 18.3. The van der Waals surface area contributed by atoms with Crippen molar-refractivity contribution in [1.29, 1.82) is 0 Å². The Morgan fingerprint density at radius 2 is 0.611 bits per heavy atom. The highest BCUT2D eigenvalue weighted by Gasteiger charge is 2.60. The smallest absolute Gasteiger partial charge is 0.260 e. The fourth-order valence-electron chi connectivity index (χ4n) is 13.8. The predicted octanol–water partition coefficient (Wildman–Crippen LogP) is 8.30. The Hall–Kier alpha value is -2.07. The molecule has 72 heavy (non-hydrogen) atoms. The average Bonchev–Trinajstić information content (AvgIpc) is 3.32. The second kappa shape index (κ2) is 22.9. The minimum absolute atomic E-state index is 0.00389. The van der Waals surface area contributed by atoms with E-state index < -0.39 is 33.2 Å². The van der Waals surface area contributed by atoms with Crippen molar-refractivity contribution < 1.29 is 28.9 Å². The number of hydrazine groups is 6. The molecule has 7 rings (SSSR count). The van der Waals surface area contributed by atoms with Crippen molar-refractivity contribution in [2.75, 3.05) is 59.5 Å². The lowest BCUT2D eigenvalue weighted by Gasteiger charge is -2.63. The van der Waals surface area contributed by atoms with Crippen LogP contribution in [0.15, 0.2) is 0 Å². The third-order valence-corrected chi connectivity index (χ3v) is 16.6. The standard InChI is InChI=1S/C54H102N12O6/c1-16-34-70-64-49(4,5)37-58(46(67)52(64,10)11)61(43-28-22-19-23-29-43)55-40-56(62(44-30-24-20-25-31-44)59-38-50(6,7)65(71-35-17-2)53(12,13)47(59)68)42-57(41-55)63(45-32-26-21-27-33-45)60-39-51(8,9)66(72-36-18-3)54(14,15)48(60)69/h43-45H,16-42H2,1-15H3. The number of amides is 3. The van der Waals surface area contributed by atoms with Crippen molar-refractivity contribution in [2.45, 2.75) is 271 Å². The second-order valence-corrected chi connectivity index (χ2v) is 25.9. The van der Waals surface area contributed by atoms with Crippen molar-refractivity contribution in [1.82, 2.24) is 60.6 Å². The van der Waals surface area contributed by atoms with Crippen LogP contribution in [0.25, 0.3) is 0 Å². The van der Waals surface area contributed by atoms with Crippen molar-refractivity contribution in [3.05, 3.63) is 0 Å². The van der Waals surface area contributed by atoms with Crippen molar-refractivity contribution in [2.24, 2.45) is 0 Å². The van der Waals surface area contributed by atoms with Gasteiger partial charge in [-0.1, -0.05) is 78.6 Å². The highest BCUT2D eigenvalue weighted by Crippen LogP contribution is 2.43. The molecule has 0 aromatic carbocycles. The first-order chi connectivity index (χ1) is 33.9. The molecule has 0 aromatic rings. The van der Waals surface area contributed by atoms with Crippen LogP contribution in [0.2, 0.25) is 0 Å². The number of rotatable bonds is 18. The van der Waals surface area contributed by atoms with E-state index >= 15 is 14.4 Å². The lowest BCUT2D eigenvalue weighted by molar-refractivity contribution is -0.378. The first-order valence-electron chi connectivity index (χ1n) is 28.7. The molecule has 0 N–H and O–H groups in total. The Morgan fingerprint density at radius 1 is 0.389 bits per heavy atom. The summed E-state index contributed by atoms with van der Waals surface area (Å²) in [5.41, 5.74) is -4.47. The van der Waals surface area contributed by atoms with Gasteiger partial charge >= 0.3 is 0 Å². The first kappa shape index (κ1) is 57.6. The molecule has 4 saturated heterocycles. The van der Waals surface area contributed by atoms with Gasteiger partial charge in [-0.15, -0.1) is 15.4 Å². The SMILES string of the molecule is CCCON1C(C)(C)CN(N(C2CCCCC2)N2CN(N(C3CCCCC3)N3CC(C)(C)N(OCCC)C(C)(C)C3=O)CN(N(C3CCCCC3)N3CC(C)(C)N(OCCC)C(C)(C)C3=O)C2)C(=O)C1(C)C. The number of hydrogen-bond acceptors (Lipinski definition) is 15. The van der Waals surface area contributed by atoms with Crippen LogP contribution >= 0.6 is 0 Å². The summed E-state index contributed by atoms with van der Waals surface area (Å²) >= 11 is 0. The van der Waals surface area contributed by atoms with Crippen molar-refractivity contribution >= 4 is 17.7 Å². The van der Waals surface area contributed by atoms with E-state index in [1.807, 2.05) is 56.7 Å². The van der Waals surface area contributed by atoms with E-state index in [-0.39, 0.29) is 35.8 Å².